The number of rotatable bonds is 4. The van der Waals surface area contributed by atoms with Crippen LogP contribution in [0.5, 0.6) is 5.75 Å². The SMILES string of the molecule is Cc1ccccc1C(=O)N/N=C/c1c(CO)cnc(C)c1O. The summed E-state index contributed by atoms with van der Waals surface area (Å²) in [5.74, 6) is -0.411. The molecule has 1 amide bonds. The molecule has 0 bridgehead atoms. The smallest absolute Gasteiger partial charge is 0.271 e. The van der Waals surface area contributed by atoms with Crippen LogP contribution in [-0.2, 0) is 6.61 Å². The van der Waals surface area contributed by atoms with Crippen molar-refractivity contribution in [2.45, 2.75) is 20.5 Å². The first-order chi connectivity index (χ1) is 10.5. The predicted octanol–water partition coefficient (Wildman–Crippen LogP) is 1.66. The average molecular weight is 299 g/mol. The molecule has 0 radical (unpaired) electrons. The molecule has 0 saturated carbocycles. The van der Waals surface area contributed by atoms with E-state index in [9.17, 15) is 15.0 Å². The lowest BCUT2D eigenvalue weighted by Gasteiger charge is -2.07. The number of carbonyl (C=O) groups is 1. The number of nitrogens with zero attached hydrogens (tertiary/aromatic N) is 2. The predicted molar refractivity (Wildman–Crippen MR) is 82.8 cm³/mol. The van der Waals surface area contributed by atoms with E-state index in [1.54, 1.807) is 19.1 Å². The molecule has 6 nitrogen and oxygen atoms in total. The number of carbonyl (C=O) groups excluding carboxylic acids is 1. The number of benzene rings is 1. The van der Waals surface area contributed by atoms with E-state index in [1.165, 1.54) is 12.4 Å². The van der Waals surface area contributed by atoms with E-state index < -0.39 is 0 Å². The van der Waals surface area contributed by atoms with Gasteiger partial charge in [-0.3, -0.25) is 9.78 Å². The van der Waals surface area contributed by atoms with Crippen molar-refractivity contribution < 1.29 is 15.0 Å². The minimum Gasteiger partial charge on any atom is -0.505 e. The van der Waals surface area contributed by atoms with Crippen LogP contribution in [0.25, 0.3) is 0 Å². The van der Waals surface area contributed by atoms with Gasteiger partial charge in [-0.15, -0.1) is 0 Å². The van der Waals surface area contributed by atoms with Gasteiger partial charge >= 0.3 is 0 Å². The highest BCUT2D eigenvalue weighted by molar-refractivity contribution is 5.96. The molecule has 0 fully saturated rings. The summed E-state index contributed by atoms with van der Waals surface area (Å²) in [6.45, 7) is 3.19. The number of hydrogen-bond acceptors (Lipinski definition) is 5. The van der Waals surface area contributed by atoms with Gasteiger partial charge < -0.3 is 10.2 Å². The molecule has 2 rings (SSSR count). The van der Waals surface area contributed by atoms with Gasteiger partial charge in [-0.2, -0.15) is 5.10 Å². The second-order valence-corrected chi connectivity index (χ2v) is 4.80. The molecule has 2 aromatic rings. The molecule has 1 heterocycles. The Morgan fingerprint density at radius 1 is 1.36 bits per heavy atom. The number of pyridine rings is 1. The maximum Gasteiger partial charge on any atom is 0.271 e. The van der Waals surface area contributed by atoms with Crippen molar-refractivity contribution in [2.24, 2.45) is 5.10 Å². The fourth-order valence-corrected chi connectivity index (χ4v) is 1.97. The van der Waals surface area contributed by atoms with Gasteiger partial charge in [0.05, 0.1) is 18.5 Å². The lowest BCUT2D eigenvalue weighted by atomic mass is 10.1. The van der Waals surface area contributed by atoms with Crippen molar-refractivity contribution in [3.8, 4) is 5.75 Å². The van der Waals surface area contributed by atoms with Crippen molar-refractivity contribution in [3.63, 3.8) is 0 Å². The number of aryl methyl sites for hydroxylation is 2. The number of amides is 1. The van der Waals surface area contributed by atoms with Gasteiger partial charge in [0.1, 0.15) is 5.75 Å². The van der Waals surface area contributed by atoms with E-state index in [0.717, 1.165) is 5.56 Å². The zero-order valence-electron chi connectivity index (χ0n) is 12.4. The van der Waals surface area contributed by atoms with Crippen LogP contribution in [0.2, 0.25) is 0 Å². The van der Waals surface area contributed by atoms with E-state index in [-0.39, 0.29) is 18.3 Å². The molecular formula is C16H17N3O3. The molecule has 0 unspecified atom stereocenters. The Morgan fingerprint density at radius 2 is 2.09 bits per heavy atom. The number of aliphatic hydroxyl groups is 1. The molecule has 0 aliphatic heterocycles. The molecule has 6 heteroatoms. The molecule has 0 atom stereocenters. The van der Waals surface area contributed by atoms with Crippen molar-refractivity contribution in [1.29, 1.82) is 0 Å². The number of aliphatic hydroxyl groups excluding tert-OH is 1. The number of hydrogen-bond donors (Lipinski definition) is 3. The van der Waals surface area contributed by atoms with Gasteiger partial charge in [0.15, 0.2) is 0 Å². The minimum absolute atomic E-state index is 0.0690. The molecule has 0 aliphatic carbocycles. The van der Waals surface area contributed by atoms with Crippen LogP contribution >= 0.6 is 0 Å². The number of aromatic hydroxyl groups is 1. The van der Waals surface area contributed by atoms with Gasteiger partial charge in [0, 0.05) is 22.9 Å². The van der Waals surface area contributed by atoms with Crippen LogP contribution in [0, 0.1) is 13.8 Å². The fraction of sp³-hybridized carbons (Fsp3) is 0.188. The number of hydrazone groups is 1. The van der Waals surface area contributed by atoms with Gasteiger partial charge in [0.25, 0.3) is 5.91 Å². The van der Waals surface area contributed by atoms with Crippen LogP contribution in [-0.4, -0.2) is 27.3 Å². The second-order valence-electron chi connectivity index (χ2n) is 4.80. The first-order valence-corrected chi connectivity index (χ1v) is 6.72. The summed E-state index contributed by atoms with van der Waals surface area (Å²) in [6, 6.07) is 7.15. The maximum atomic E-state index is 12.0. The average Bonchev–Trinajstić information content (AvgIpc) is 2.52. The van der Waals surface area contributed by atoms with Crippen molar-refractivity contribution in [2.75, 3.05) is 0 Å². The normalized spacial score (nSPS) is 10.9. The highest BCUT2D eigenvalue weighted by Gasteiger charge is 2.10. The Kier molecular flexibility index (Phi) is 4.85. The maximum absolute atomic E-state index is 12.0. The second kappa shape index (κ2) is 6.82. The third kappa shape index (κ3) is 3.29. The van der Waals surface area contributed by atoms with Crippen molar-refractivity contribution >= 4 is 12.1 Å². The van der Waals surface area contributed by atoms with Gasteiger partial charge in [-0.1, -0.05) is 18.2 Å². The zero-order valence-corrected chi connectivity index (χ0v) is 12.4. The summed E-state index contributed by atoms with van der Waals surface area (Å²) < 4.78 is 0. The third-order valence-corrected chi connectivity index (χ3v) is 3.28. The summed E-state index contributed by atoms with van der Waals surface area (Å²) in [7, 11) is 0. The lowest BCUT2D eigenvalue weighted by molar-refractivity contribution is 0.0954. The van der Waals surface area contributed by atoms with E-state index in [0.29, 0.717) is 22.4 Å². The summed E-state index contributed by atoms with van der Waals surface area (Å²) in [4.78, 5) is 16.0. The summed E-state index contributed by atoms with van der Waals surface area (Å²) >= 11 is 0. The Balaban J connectivity index is 2.19. The summed E-state index contributed by atoms with van der Waals surface area (Å²) in [6.07, 6.45) is 2.76. The van der Waals surface area contributed by atoms with E-state index in [4.69, 9.17) is 0 Å². The standard InChI is InChI=1S/C16H17N3O3/c1-10-5-3-4-6-13(10)16(22)19-18-8-14-12(9-20)7-17-11(2)15(14)21/h3-8,20-21H,9H2,1-2H3,(H,19,22)/b18-8+. The van der Waals surface area contributed by atoms with Gasteiger partial charge in [-0.05, 0) is 25.5 Å². The minimum atomic E-state index is -0.342. The van der Waals surface area contributed by atoms with Crippen LogP contribution in [0.3, 0.4) is 0 Å². The van der Waals surface area contributed by atoms with Crippen molar-refractivity contribution in [1.82, 2.24) is 10.4 Å². The zero-order chi connectivity index (χ0) is 16.1. The molecule has 22 heavy (non-hydrogen) atoms. The summed E-state index contributed by atoms with van der Waals surface area (Å²) in [5.41, 5.74) is 4.95. The Bertz CT molecular complexity index is 727. The molecule has 0 aliphatic rings. The Hall–Kier alpha value is -2.73. The first-order valence-electron chi connectivity index (χ1n) is 6.72. The van der Waals surface area contributed by atoms with Gasteiger partial charge in [-0.25, -0.2) is 5.43 Å². The van der Waals surface area contributed by atoms with E-state index >= 15 is 0 Å². The third-order valence-electron chi connectivity index (χ3n) is 3.28. The summed E-state index contributed by atoms with van der Waals surface area (Å²) in [5, 5.41) is 23.1. The number of aromatic nitrogens is 1. The fourth-order valence-electron chi connectivity index (χ4n) is 1.97. The van der Waals surface area contributed by atoms with Crippen LogP contribution in [0.15, 0.2) is 35.6 Å². The highest BCUT2D eigenvalue weighted by Crippen LogP contribution is 2.21. The van der Waals surface area contributed by atoms with Crippen molar-refractivity contribution in [3.05, 3.63) is 58.4 Å². The topological polar surface area (TPSA) is 94.8 Å². The quantitative estimate of drug-likeness (QED) is 0.591. The number of nitrogens with one attached hydrogen (secondary N) is 1. The molecule has 3 N–H and O–H groups in total. The molecular weight excluding hydrogens is 282 g/mol. The van der Waals surface area contributed by atoms with Crippen LogP contribution in [0.4, 0.5) is 0 Å². The van der Waals surface area contributed by atoms with Crippen LogP contribution < -0.4 is 5.43 Å². The van der Waals surface area contributed by atoms with Gasteiger partial charge in [0.2, 0.25) is 0 Å². The Morgan fingerprint density at radius 3 is 2.77 bits per heavy atom. The monoisotopic (exact) mass is 299 g/mol. The molecule has 1 aromatic heterocycles. The first kappa shape index (κ1) is 15.7. The largest absolute Gasteiger partial charge is 0.505 e. The van der Waals surface area contributed by atoms with E-state index in [2.05, 4.69) is 15.5 Å². The van der Waals surface area contributed by atoms with Crippen LogP contribution in [0.1, 0.15) is 32.7 Å². The molecule has 0 saturated heterocycles. The highest BCUT2D eigenvalue weighted by atomic mass is 16.3. The molecule has 0 spiro atoms. The van der Waals surface area contributed by atoms with E-state index in [1.807, 2.05) is 19.1 Å². The Labute approximate surface area is 128 Å². The lowest BCUT2D eigenvalue weighted by Crippen LogP contribution is -2.18. The molecule has 114 valence electrons. The molecule has 1 aromatic carbocycles.